The summed E-state index contributed by atoms with van der Waals surface area (Å²) >= 11 is 0. The molecule has 0 unspecified atom stereocenters. The summed E-state index contributed by atoms with van der Waals surface area (Å²) in [6, 6.07) is 8.38. The van der Waals surface area contributed by atoms with E-state index in [1.54, 1.807) is 12.4 Å². The molecular weight excluding hydrogens is 330 g/mol. The molecule has 0 saturated heterocycles. The van der Waals surface area contributed by atoms with Crippen LogP contribution in [0.5, 0.6) is 0 Å². The highest BCUT2D eigenvalue weighted by molar-refractivity contribution is 5.91. The van der Waals surface area contributed by atoms with E-state index in [2.05, 4.69) is 26.8 Å². The molecule has 0 radical (unpaired) electrons. The number of amides is 2. The molecule has 1 aliphatic carbocycles. The van der Waals surface area contributed by atoms with Gasteiger partial charge in [0.05, 0.1) is 11.9 Å². The van der Waals surface area contributed by atoms with Crippen molar-refractivity contribution in [2.75, 3.05) is 5.32 Å². The highest BCUT2D eigenvalue weighted by atomic mass is 16.2. The van der Waals surface area contributed by atoms with Gasteiger partial charge in [-0.1, -0.05) is 18.2 Å². The number of rotatable bonds is 7. The zero-order valence-corrected chi connectivity index (χ0v) is 14.4. The Morgan fingerprint density at radius 2 is 2.08 bits per heavy atom. The molecule has 134 valence electrons. The lowest BCUT2D eigenvalue weighted by molar-refractivity contribution is -0.122. The predicted octanol–water partition coefficient (Wildman–Crippen LogP) is 2.21. The van der Waals surface area contributed by atoms with Crippen LogP contribution in [-0.2, 0) is 22.6 Å². The molecule has 26 heavy (non-hydrogen) atoms. The molecule has 2 aromatic heterocycles. The molecule has 3 aromatic rings. The number of carbonyl (C=O) groups is 2. The molecule has 0 bridgehead atoms. The molecule has 0 spiro atoms. The summed E-state index contributed by atoms with van der Waals surface area (Å²) in [4.78, 5) is 27.2. The largest absolute Gasteiger partial charge is 0.361 e. The zero-order chi connectivity index (χ0) is 17.9. The van der Waals surface area contributed by atoms with E-state index in [0.29, 0.717) is 24.6 Å². The Kier molecular flexibility index (Phi) is 4.43. The number of H-pyrrole nitrogens is 1. The number of para-hydroxylation sites is 1. The van der Waals surface area contributed by atoms with Crippen molar-refractivity contribution in [3.05, 3.63) is 48.4 Å². The van der Waals surface area contributed by atoms with Crippen molar-refractivity contribution in [1.82, 2.24) is 20.1 Å². The average Bonchev–Trinajstić information content (AvgIpc) is 3.17. The summed E-state index contributed by atoms with van der Waals surface area (Å²) in [5, 5.41) is 11.0. The number of benzene rings is 1. The fourth-order valence-electron chi connectivity index (χ4n) is 2.97. The lowest BCUT2D eigenvalue weighted by atomic mass is 10.1. The fourth-order valence-corrected chi connectivity index (χ4v) is 2.97. The standard InChI is InChI=1S/C19H21N5O2/c25-18(8-5-13-9-20-17-4-2-1-3-16(13)17)23-15-10-21-24(11-15)12-19(26)22-14-6-7-14/h1-4,9-11,14,20H,5-8,12H2,(H,22,26)(H,23,25). The number of hydrogen-bond donors (Lipinski definition) is 3. The molecule has 1 aromatic carbocycles. The Balaban J connectivity index is 1.28. The first-order valence-corrected chi connectivity index (χ1v) is 8.84. The molecule has 1 fully saturated rings. The van der Waals surface area contributed by atoms with Gasteiger partial charge in [0.25, 0.3) is 0 Å². The van der Waals surface area contributed by atoms with Crippen molar-refractivity contribution in [2.24, 2.45) is 0 Å². The molecule has 0 atom stereocenters. The number of nitrogens with one attached hydrogen (secondary N) is 3. The van der Waals surface area contributed by atoms with Crippen LogP contribution in [0, 0.1) is 0 Å². The number of hydrogen-bond acceptors (Lipinski definition) is 3. The first kappa shape index (κ1) is 16.4. The van der Waals surface area contributed by atoms with E-state index in [-0.39, 0.29) is 18.4 Å². The van der Waals surface area contributed by atoms with Crippen molar-refractivity contribution in [3.8, 4) is 0 Å². The topological polar surface area (TPSA) is 91.8 Å². The molecular formula is C19H21N5O2. The third kappa shape index (κ3) is 3.93. The van der Waals surface area contributed by atoms with Crippen LogP contribution < -0.4 is 10.6 Å². The molecule has 7 heteroatoms. The second-order valence-electron chi connectivity index (χ2n) is 6.68. The summed E-state index contributed by atoms with van der Waals surface area (Å²) in [7, 11) is 0. The summed E-state index contributed by atoms with van der Waals surface area (Å²) in [5.74, 6) is -0.120. The number of fused-ring (bicyclic) bond motifs is 1. The van der Waals surface area contributed by atoms with E-state index in [1.807, 2.05) is 24.4 Å². The Labute approximate surface area is 150 Å². The van der Waals surface area contributed by atoms with Crippen LogP contribution in [0.2, 0.25) is 0 Å². The minimum Gasteiger partial charge on any atom is -0.361 e. The molecule has 7 nitrogen and oxygen atoms in total. The van der Waals surface area contributed by atoms with Gasteiger partial charge in [-0.15, -0.1) is 0 Å². The van der Waals surface area contributed by atoms with E-state index < -0.39 is 0 Å². The van der Waals surface area contributed by atoms with Gasteiger partial charge in [0.2, 0.25) is 11.8 Å². The fraction of sp³-hybridized carbons (Fsp3) is 0.316. The quantitative estimate of drug-likeness (QED) is 0.609. The van der Waals surface area contributed by atoms with E-state index in [0.717, 1.165) is 29.3 Å². The number of nitrogens with zero attached hydrogens (tertiary/aromatic N) is 2. The molecule has 0 aliphatic heterocycles. The van der Waals surface area contributed by atoms with Crippen LogP contribution in [0.3, 0.4) is 0 Å². The third-order valence-corrected chi connectivity index (χ3v) is 4.46. The Morgan fingerprint density at radius 1 is 1.23 bits per heavy atom. The average molecular weight is 351 g/mol. The van der Waals surface area contributed by atoms with Crippen molar-refractivity contribution in [3.63, 3.8) is 0 Å². The van der Waals surface area contributed by atoms with Crippen LogP contribution in [-0.4, -0.2) is 32.6 Å². The van der Waals surface area contributed by atoms with E-state index in [9.17, 15) is 9.59 Å². The second-order valence-corrected chi connectivity index (χ2v) is 6.68. The Hall–Kier alpha value is -3.09. The maximum absolute atomic E-state index is 12.2. The van der Waals surface area contributed by atoms with Crippen molar-refractivity contribution >= 4 is 28.4 Å². The smallest absolute Gasteiger partial charge is 0.241 e. The maximum atomic E-state index is 12.2. The second kappa shape index (κ2) is 7.03. The van der Waals surface area contributed by atoms with Crippen LogP contribution in [0.1, 0.15) is 24.8 Å². The van der Waals surface area contributed by atoms with Gasteiger partial charge >= 0.3 is 0 Å². The molecule has 3 N–H and O–H groups in total. The van der Waals surface area contributed by atoms with Crippen LogP contribution >= 0.6 is 0 Å². The summed E-state index contributed by atoms with van der Waals surface area (Å²) < 4.78 is 1.53. The molecule has 4 rings (SSSR count). The first-order chi connectivity index (χ1) is 12.7. The SMILES string of the molecule is O=C(CCc1c[nH]c2ccccc12)Nc1cnn(CC(=O)NC2CC2)c1. The lowest BCUT2D eigenvalue weighted by Gasteiger charge is -2.03. The summed E-state index contributed by atoms with van der Waals surface area (Å²) in [5.41, 5.74) is 2.81. The van der Waals surface area contributed by atoms with Gasteiger partial charge in [-0.2, -0.15) is 5.10 Å². The number of aromatic amines is 1. The van der Waals surface area contributed by atoms with Crippen molar-refractivity contribution in [2.45, 2.75) is 38.3 Å². The number of carbonyl (C=O) groups excluding carboxylic acids is 2. The zero-order valence-electron chi connectivity index (χ0n) is 14.4. The summed E-state index contributed by atoms with van der Waals surface area (Å²) in [6.07, 6.45) is 8.35. The number of aryl methyl sites for hydroxylation is 1. The monoisotopic (exact) mass is 351 g/mol. The Morgan fingerprint density at radius 3 is 2.92 bits per heavy atom. The van der Waals surface area contributed by atoms with Gasteiger partial charge in [0.15, 0.2) is 0 Å². The normalized spacial score (nSPS) is 13.7. The van der Waals surface area contributed by atoms with Gasteiger partial charge < -0.3 is 15.6 Å². The molecule has 2 heterocycles. The molecule has 1 saturated carbocycles. The number of aromatic nitrogens is 3. The highest BCUT2D eigenvalue weighted by Gasteiger charge is 2.23. The highest BCUT2D eigenvalue weighted by Crippen LogP contribution is 2.19. The van der Waals surface area contributed by atoms with Gasteiger partial charge in [-0.05, 0) is 30.9 Å². The van der Waals surface area contributed by atoms with Gasteiger partial charge in [-0.3, -0.25) is 14.3 Å². The minimum atomic E-state index is -0.0720. The van der Waals surface area contributed by atoms with Crippen LogP contribution in [0.4, 0.5) is 5.69 Å². The Bertz CT molecular complexity index is 938. The summed E-state index contributed by atoms with van der Waals surface area (Å²) in [6.45, 7) is 0.168. The lowest BCUT2D eigenvalue weighted by Crippen LogP contribution is -2.29. The molecule has 2 amide bonds. The van der Waals surface area contributed by atoms with E-state index >= 15 is 0 Å². The van der Waals surface area contributed by atoms with E-state index in [1.165, 1.54) is 4.68 Å². The van der Waals surface area contributed by atoms with Crippen LogP contribution in [0.15, 0.2) is 42.9 Å². The predicted molar refractivity (Wildman–Crippen MR) is 98.6 cm³/mol. The molecule has 1 aliphatic rings. The maximum Gasteiger partial charge on any atom is 0.241 e. The van der Waals surface area contributed by atoms with Gasteiger partial charge in [0, 0.05) is 35.8 Å². The van der Waals surface area contributed by atoms with Crippen LogP contribution in [0.25, 0.3) is 10.9 Å². The van der Waals surface area contributed by atoms with Gasteiger partial charge in [0.1, 0.15) is 6.54 Å². The minimum absolute atomic E-state index is 0.0483. The third-order valence-electron chi connectivity index (χ3n) is 4.46. The van der Waals surface area contributed by atoms with Crippen molar-refractivity contribution < 1.29 is 9.59 Å². The van der Waals surface area contributed by atoms with E-state index in [4.69, 9.17) is 0 Å². The first-order valence-electron chi connectivity index (χ1n) is 8.84. The number of anilines is 1. The van der Waals surface area contributed by atoms with Gasteiger partial charge in [-0.25, -0.2) is 0 Å². The van der Waals surface area contributed by atoms with Crippen molar-refractivity contribution in [1.29, 1.82) is 0 Å².